The lowest BCUT2D eigenvalue weighted by Gasteiger charge is -2.36. The summed E-state index contributed by atoms with van der Waals surface area (Å²) in [7, 11) is 0. The van der Waals surface area contributed by atoms with Crippen molar-refractivity contribution in [2.75, 3.05) is 19.6 Å². The minimum atomic E-state index is -6.99. The van der Waals surface area contributed by atoms with Crippen LogP contribution in [0.1, 0.15) is 19.8 Å². The summed E-state index contributed by atoms with van der Waals surface area (Å²) in [6, 6.07) is -1.11. The van der Waals surface area contributed by atoms with E-state index in [4.69, 9.17) is 0 Å². The quantitative estimate of drug-likeness (QED) is 0.654. The molecule has 13 heteroatoms. The summed E-state index contributed by atoms with van der Waals surface area (Å²) in [6.07, 6.45) is -9.48. The Bertz CT molecular complexity index is 533. The largest absolute Gasteiger partial charge is 0.460 e. The molecule has 3 amide bonds. The lowest BCUT2D eigenvalue weighted by atomic mass is 10.0. The van der Waals surface area contributed by atoms with E-state index in [9.17, 15) is 49.1 Å². The summed E-state index contributed by atoms with van der Waals surface area (Å²) < 4.78 is 115. The van der Waals surface area contributed by atoms with Crippen LogP contribution in [-0.4, -0.2) is 65.3 Å². The van der Waals surface area contributed by atoms with Crippen molar-refractivity contribution in [1.29, 1.82) is 0 Å². The Kier molecular flexibility index (Phi) is 5.60. The fourth-order valence-corrected chi connectivity index (χ4v) is 2.07. The van der Waals surface area contributed by atoms with Gasteiger partial charge in [-0.15, -0.1) is 0 Å². The molecule has 0 aromatic rings. The second-order valence-electron chi connectivity index (χ2n) is 5.26. The molecule has 4 nitrogen and oxygen atoms in total. The van der Waals surface area contributed by atoms with Gasteiger partial charge in [-0.2, -0.15) is 39.5 Å². The fourth-order valence-electron chi connectivity index (χ4n) is 2.07. The van der Waals surface area contributed by atoms with Crippen molar-refractivity contribution in [3.63, 3.8) is 0 Å². The molecule has 0 aromatic heterocycles. The minimum absolute atomic E-state index is 0.0522. The van der Waals surface area contributed by atoms with Crippen molar-refractivity contribution >= 4 is 11.9 Å². The van der Waals surface area contributed by atoms with E-state index in [0.717, 1.165) is 4.90 Å². The molecule has 0 radical (unpaired) electrons. The van der Waals surface area contributed by atoms with Gasteiger partial charge in [0.05, 0.1) is 0 Å². The number of rotatable bonds is 6. The zero-order valence-corrected chi connectivity index (χ0v) is 12.6. The first-order chi connectivity index (χ1) is 11.1. The predicted octanol–water partition coefficient (Wildman–Crippen LogP) is 3.52. The van der Waals surface area contributed by atoms with Gasteiger partial charge in [-0.1, -0.05) is 0 Å². The first-order valence-corrected chi connectivity index (χ1v) is 6.89. The Morgan fingerprint density at radius 1 is 0.920 bits per heavy atom. The highest BCUT2D eigenvalue weighted by Gasteiger charge is 2.81. The molecule has 1 rings (SSSR count). The third kappa shape index (κ3) is 3.64. The molecule has 1 heterocycles. The SMILES string of the molecule is CCN1CCC(=O)N(CCC(F)(F)C(F)(F)C(F)(F)C(F)(F)F)C1=O. The zero-order valence-electron chi connectivity index (χ0n) is 12.6. The summed E-state index contributed by atoms with van der Waals surface area (Å²) in [5, 5.41) is 0. The maximum absolute atomic E-state index is 13.4. The van der Waals surface area contributed by atoms with Crippen LogP contribution in [0.15, 0.2) is 0 Å². The summed E-state index contributed by atoms with van der Waals surface area (Å²) in [5.41, 5.74) is 0. The van der Waals surface area contributed by atoms with Crippen LogP contribution in [-0.2, 0) is 4.79 Å². The molecule has 1 saturated heterocycles. The highest BCUT2D eigenvalue weighted by atomic mass is 19.4. The zero-order chi connectivity index (χ0) is 19.8. The third-order valence-corrected chi connectivity index (χ3v) is 3.64. The molecule has 0 aliphatic carbocycles. The Labute approximate surface area is 135 Å². The molecule has 0 spiro atoms. The van der Waals surface area contributed by atoms with E-state index in [0.29, 0.717) is 0 Å². The second kappa shape index (κ2) is 6.56. The maximum atomic E-state index is 13.4. The van der Waals surface area contributed by atoms with Crippen molar-refractivity contribution < 1.29 is 49.1 Å². The molecular weight excluding hydrogens is 375 g/mol. The van der Waals surface area contributed by atoms with Gasteiger partial charge in [0, 0.05) is 32.5 Å². The molecule has 0 saturated carbocycles. The van der Waals surface area contributed by atoms with E-state index in [1.165, 1.54) is 6.92 Å². The number of amides is 3. The summed E-state index contributed by atoms with van der Waals surface area (Å²) in [5.74, 6) is -20.6. The van der Waals surface area contributed by atoms with Crippen molar-refractivity contribution in [1.82, 2.24) is 9.80 Å². The highest BCUT2D eigenvalue weighted by molar-refractivity contribution is 5.96. The Morgan fingerprint density at radius 2 is 1.44 bits per heavy atom. The molecule has 0 atom stereocenters. The van der Waals surface area contributed by atoms with Crippen LogP contribution >= 0.6 is 0 Å². The van der Waals surface area contributed by atoms with Gasteiger partial charge in [0.25, 0.3) is 0 Å². The normalized spacial score (nSPS) is 18.2. The molecular formula is C12H13F9N2O2. The van der Waals surface area contributed by atoms with Gasteiger partial charge in [0.2, 0.25) is 5.91 Å². The van der Waals surface area contributed by atoms with E-state index in [1.54, 1.807) is 0 Å². The van der Waals surface area contributed by atoms with Gasteiger partial charge >= 0.3 is 30.0 Å². The van der Waals surface area contributed by atoms with Gasteiger partial charge in [0.15, 0.2) is 0 Å². The third-order valence-electron chi connectivity index (χ3n) is 3.64. The van der Waals surface area contributed by atoms with Crippen molar-refractivity contribution in [2.24, 2.45) is 0 Å². The molecule has 146 valence electrons. The Morgan fingerprint density at radius 3 is 1.88 bits per heavy atom. The van der Waals surface area contributed by atoms with Crippen LogP contribution in [0.5, 0.6) is 0 Å². The van der Waals surface area contributed by atoms with E-state index >= 15 is 0 Å². The highest BCUT2D eigenvalue weighted by Crippen LogP contribution is 2.54. The second-order valence-corrected chi connectivity index (χ2v) is 5.26. The van der Waals surface area contributed by atoms with Crippen LogP contribution in [0.4, 0.5) is 44.3 Å². The molecule has 1 aliphatic rings. The average molecular weight is 388 g/mol. The average Bonchev–Trinajstić information content (AvgIpc) is 2.45. The van der Waals surface area contributed by atoms with Crippen LogP contribution < -0.4 is 0 Å². The number of imide groups is 1. The van der Waals surface area contributed by atoms with E-state index in [2.05, 4.69) is 0 Å². The van der Waals surface area contributed by atoms with Crippen molar-refractivity contribution in [3.8, 4) is 0 Å². The molecule has 0 bridgehead atoms. The van der Waals surface area contributed by atoms with Gasteiger partial charge in [-0.3, -0.25) is 9.69 Å². The minimum Gasteiger partial charge on any atom is -0.324 e. The molecule has 1 aliphatic heterocycles. The van der Waals surface area contributed by atoms with Gasteiger partial charge in [-0.25, -0.2) is 4.79 Å². The fraction of sp³-hybridized carbons (Fsp3) is 0.833. The number of carbonyl (C=O) groups is 2. The summed E-state index contributed by atoms with van der Waals surface area (Å²) in [4.78, 5) is 24.4. The van der Waals surface area contributed by atoms with E-state index < -0.39 is 48.8 Å². The predicted molar refractivity (Wildman–Crippen MR) is 64.5 cm³/mol. The molecule has 1 fully saturated rings. The van der Waals surface area contributed by atoms with Gasteiger partial charge in [-0.05, 0) is 6.92 Å². The van der Waals surface area contributed by atoms with Gasteiger partial charge < -0.3 is 4.90 Å². The number of nitrogens with zero attached hydrogens (tertiary/aromatic N) is 2. The van der Waals surface area contributed by atoms with E-state index in [-0.39, 0.29) is 24.4 Å². The Balaban J connectivity index is 2.97. The number of carbonyl (C=O) groups excluding carboxylic acids is 2. The number of alkyl halides is 9. The lowest BCUT2D eigenvalue weighted by molar-refractivity contribution is -0.396. The van der Waals surface area contributed by atoms with Crippen molar-refractivity contribution in [3.05, 3.63) is 0 Å². The lowest BCUT2D eigenvalue weighted by Crippen LogP contribution is -2.62. The van der Waals surface area contributed by atoms with E-state index in [1.807, 2.05) is 0 Å². The maximum Gasteiger partial charge on any atom is 0.460 e. The number of halogens is 9. The van der Waals surface area contributed by atoms with Crippen LogP contribution in [0.2, 0.25) is 0 Å². The first-order valence-electron chi connectivity index (χ1n) is 6.89. The molecule has 0 unspecified atom stereocenters. The van der Waals surface area contributed by atoms with Gasteiger partial charge in [0.1, 0.15) is 0 Å². The monoisotopic (exact) mass is 388 g/mol. The molecule has 0 N–H and O–H groups in total. The van der Waals surface area contributed by atoms with Crippen LogP contribution in [0, 0.1) is 0 Å². The number of hydrogen-bond donors (Lipinski definition) is 0. The molecule has 0 aromatic carbocycles. The standard InChI is InChI=1S/C12H13F9N2O2/c1-2-22-5-3-7(24)23(8(22)25)6-4-9(13,14)10(15,16)11(17,18)12(19,20)21/h2-6H2,1H3. The Hall–Kier alpha value is -1.69. The smallest absolute Gasteiger partial charge is 0.324 e. The topological polar surface area (TPSA) is 40.6 Å². The summed E-state index contributed by atoms with van der Waals surface area (Å²) in [6.45, 7) is 0.0495. The number of urea groups is 1. The molecule has 25 heavy (non-hydrogen) atoms. The van der Waals surface area contributed by atoms with Crippen molar-refractivity contribution in [2.45, 2.75) is 43.7 Å². The summed E-state index contributed by atoms with van der Waals surface area (Å²) >= 11 is 0. The van der Waals surface area contributed by atoms with Crippen LogP contribution in [0.3, 0.4) is 0 Å². The number of hydrogen-bond acceptors (Lipinski definition) is 2. The first kappa shape index (κ1) is 21.4. The van der Waals surface area contributed by atoms with Crippen LogP contribution in [0.25, 0.3) is 0 Å².